The van der Waals surface area contributed by atoms with Crippen LogP contribution in [-0.2, 0) is 0 Å². The van der Waals surface area contributed by atoms with Crippen LogP contribution in [-0.4, -0.2) is 43.0 Å². The summed E-state index contributed by atoms with van der Waals surface area (Å²) in [6.45, 7) is 2.28. The van der Waals surface area contributed by atoms with Gasteiger partial charge in [-0.15, -0.1) is 0 Å². The van der Waals surface area contributed by atoms with Crippen LogP contribution < -0.4 is 0 Å². The zero-order valence-electron chi connectivity index (χ0n) is 12.2. The highest BCUT2D eigenvalue weighted by atomic mass is 15.3. The Morgan fingerprint density at radius 3 is 1.70 bits per heavy atom. The second kappa shape index (κ2) is 5.78. The third kappa shape index (κ3) is 2.62. The minimum atomic E-state index is 0.383. The highest BCUT2D eigenvalue weighted by molar-refractivity contribution is 5.32. The Bertz CT molecular complexity index is 490. The van der Waals surface area contributed by atoms with Crippen LogP contribution in [0, 0.1) is 0 Å². The van der Waals surface area contributed by atoms with Gasteiger partial charge in [0.25, 0.3) is 0 Å². The zero-order chi connectivity index (χ0) is 13.9. The average Bonchev–Trinajstić information content (AvgIpc) is 2.43. The molecule has 0 unspecified atom stereocenters. The van der Waals surface area contributed by atoms with Crippen molar-refractivity contribution in [3.8, 4) is 0 Å². The Labute approximate surface area is 121 Å². The summed E-state index contributed by atoms with van der Waals surface area (Å²) < 4.78 is 0. The fraction of sp³-hybridized carbons (Fsp3) is 0.333. The van der Waals surface area contributed by atoms with E-state index in [0.29, 0.717) is 12.1 Å². The number of nitrogens with zero attached hydrogens (tertiary/aromatic N) is 2. The maximum Gasteiger partial charge on any atom is 0.0602 e. The first kappa shape index (κ1) is 13.3. The highest BCUT2D eigenvalue weighted by Crippen LogP contribution is 2.32. The molecular weight excluding hydrogens is 244 g/mol. The zero-order valence-corrected chi connectivity index (χ0v) is 12.2. The predicted molar refractivity (Wildman–Crippen MR) is 83.8 cm³/mol. The average molecular weight is 266 g/mol. The molecule has 2 aromatic carbocycles. The van der Waals surface area contributed by atoms with Crippen LogP contribution >= 0.6 is 0 Å². The standard InChI is InChI=1S/C18H22N2/c1-19(2)17-13-20(14-17)18(15-9-5-3-6-10-15)16-11-7-4-8-12-16/h3-12,17-18H,13-14H2,1-2H3. The second-order valence-corrected chi connectivity index (χ2v) is 5.80. The van der Waals surface area contributed by atoms with E-state index >= 15 is 0 Å². The van der Waals surface area contributed by atoms with Crippen LogP contribution in [0.4, 0.5) is 0 Å². The lowest BCUT2D eigenvalue weighted by molar-refractivity contribution is 0.0394. The molecule has 20 heavy (non-hydrogen) atoms. The molecule has 2 heteroatoms. The second-order valence-electron chi connectivity index (χ2n) is 5.80. The van der Waals surface area contributed by atoms with Crippen molar-refractivity contribution in [2.24, 2.45) is 0 Å². The molecule has 0 aromatic heterocycles. The molecule has 2 nitrogen and oxygen atoms in total. The van der Waals surface area contributed by atoms with Gasteiger partial charge in [-0.1, -0.05) is 60.7 Å². The van der Waals surface area contributed by atoms with E-state index in [0.717, 1.165) is 13.1 Å². The highest BCUT2D eigenvalue weighted by Gasteiger charge is 2.34. The molecule has 0 amide bonds. The van der Waals surface area contributed by atoms with Gasteiger partial charge in [0.15, 0.2) is 0 Å². The molecule has 0 bridgehead atoms. The van der Waals surface area contributed by atoms with Gasteiger partial charge in [-0.2, -0.15) is 0 Å². The van der Waals surface area contributed by atoms with E-state index < -0.39 is 0 Å². The van der Waals surface area contributed by atoms with E-state index in [9.17, 15) is 0 Å². The van der Waals surface area contributed by atoms with E-state index in [4.69, 9.17) is 0 Å². The Morgan fingerprint density at radius 1 is 0.850 bits per heavy atom. The molecule has 1 saturated heterocycles. The van der Waals surface area contributed by atoms with Gasteiger partial charge in [0.05, 0.1) is 6.04 Å². The molecule has 2 aromatic rings. The summed E-state index contributed by atoms with van der Waals surface area (Å²) in [6, 6.07) is 22.7. The van der Waals surface area contributed by atoms with Gasteiger partial charge < -0.3 is 4.90 Å². The fourth-order valence-corrected chi connectivity index (χ4v) is 2.91. The normalized spacial score (nSPS) is 16.6. The van der Waals surface area contributed by atoms with E-state index in [-0.39, 0.29) is 0 Å². The summed E-state index contributed by atoms with van der Waals surface area (Å²) in [5.41, 5.74) is 2.77. The first-order valence-electron chi connectivity index (χ1n) is 7.26. The van der Waals surface area contributed by atoms with Gasteiger partial charge in [0, 0.05) is 19.1 Å². The van der Waals surface area contributed by atoms with Crippen molar-refractivity contribution in [3.63, 3.8) is 0 Å². The summed E-state index contributed by atoms with van der Waals surface area (Å²) in [5.74, 6) is 0. The lowest BCUT2D eigenvalue weighted by Gasteiger charge is -2.47. The van der Waals surface area contributed by atoms with Crippen molar-refractivity contribution in [2.45, 2.75) is 12.1 Å². The molecule has 1 aliphatic heterocycles. The quantitative estimate of drug-likeness (QED) is 0.839. The Kier molecular flexibility index (Phi) is 3.86. The summed E-state index contributed by atoms with van der Waals surface area (Å²) >= 11 is 0. The molecule has 0 spiro atoms. The number of hydrogen-bond donors (Lipinski definition) is 0. The summed E-state index contributed by atoms with van der Waals surface area (Å²) in [6.07, 6.45) is 0. The monoisotopic (exact) mass is 266 g/mol. The smallest absolute Gasteiger partial charge is 0.0602 e. The minimum absolute atomic E-state index is 0.383. The van der Waals surface area contributed by atoms with E-state index in [1.54, 1.807) is 0 Å². The van der Waals surface area contributed by atoms with Crippen molar-refractivity contribution in [3.05, 3.63) is 71.8 Å². The lowest BCUT2D eigenvalue weighted by Crippen LogP contribution is -2.58. The topological polar surface area (TPSA) is 6.48 Å². The molecule has 0 aliphatic carbocycles. The molecule has 0 radical (unpaired) electrons. The first-order chi connectivity index (χ1) is 9.75. The number of rotatable bonds is 4. The summed E-state index contributed by atoms with van der Waals surface area (Å²) in [4.78, 5) is 4.89. The predicted octanol–water partition coefficient (Wildman–Crippen LogP) is 3.02. The largest absolute Gasteiger partial charge is 0.304 e. The van der Waals surface area contributed by atoms with Gasteiger partial charge in [-0.3, -0.25) is 4.90 Å². The molecule has 104 valence electrons. The van der Waals surface area contributed by atoms with Crippen LogP contribution in [0.5, 0.6) is 0 Å². The molecular formula is C18H22N2. The van der Waals surface area contributed by atoms with Crippen LogP contribution in [0.2, 0.25) is 0 Å². The van der Waals surface area contributed by atoms with Crippen molar-refractivity contribution in [2.75, 3.05) is 27.2 Å². The molecule has 0 atom stereocenters. The van der Waals surface area contributed by atoms with E-state index in [2.05, 4.69) is 84.6 Å². The minimum Gasteiger partial charge on any atom is -0.304 e. The number of hydrogen-bond acceptors (Lipinski definition) is 2. The lowest BCUT2D eigenvalue weighted by atomic mass is 9.93. The maximum atomic E-state index is 2.56. The molecule has 0 saturated carbocycles. The third-order valence-corrected chi connectivity index (χ3v) is 4.22. The van der Waals surface area contributed by atoms with Gasteiger partial charge in [0.2, 0.25) is 0 Å². The van der Waals surface area contributed by atoms with Crippen LogP contribution in [0.3, 0.4) is 0 Å². The van der Waals surface area contributed by atoms with Crippen molar-refractivity contribution >= 4 is 0 Å². The summed E-state index contributed by atoms with van der Waals surface area (Å²) in [7, 11) is 4.34. The van der Waals surface area contributed by atoms with Gasteiger partial charge in [-0.25, -0.2) is 0 Å². The molecule has 1 heterocycles. The summed E-state index contributed by atoms with van der Waals surface area (Å²) in [5, 5.41) is 0. The van der Waals surface area contributed by atoms with E-state index in [1.165, 1.54) is 11.1 Å². The van der Waals surface area contributed by atoms with Crippen molar-refractivity contribution in [1.29, 1.82) is 0 Å². The molecule has 3 rings (SSSR count). The van der Waals surface area contributed by atoms with Crippen molar-refractivity contribution < 1.29 is 0 Å². The maximum absolute atomic E-state index is 2.56. The molecule has 1 fully saturated rings. The van der Waals surface area contributed by atoms with E-state index in [1.807, 2.05) is 0 Å². The molecule has 0 N–H and O–H groups in total. The Balaban J connectivity index is 1.86. The Morgan fingerprint density at radius 2 is 1.30 bits per heavy atom. The first-order valence-corrected chi connectivity index (χ1v) is 7.26. The van der Waals surface area contributed by atoms with Crippen molar-refractivity contribution in [1.82, 2.24) is 9.80 Å². The number of likely N-dealkylation sites (tertiary alicyclic amines) is 1. The Hall–Kier alpha value is -1.64. The number of benzene rings is 2. The van der Waals surface area contributed by atoms with Gasteiger partial charge in [0.1, 0.15) is 0 Å². The molecule has 1 aliphatic rings. The van der Waals surface area contributed by atoms with Crippen LogP contribution in [0.25, 0.3) is 0 Å². The van der Waals surface area contributed by atoms with Crippen LogP contribution in [0.1, 0.15) is 17.2 Å². The SMILES string of the molecule is CN(C)C1CN(C(c2ccccc2)c2ccccc2)C1. The third-order valence-electron chi connectivity index (χ3n) is 4.22. The fourth-order valence-electron chi connectivity index (χ4n) is 2.91. The number of likely N-dealkylation sites (N-methyl/N-ethyl adjacent to an activating group) is 1. The van der Waals surface area contributed by atoms with Crippen LogP contribution in [0.15, 0.2) is 60.7 Å². The van der Waals surface area contributed by atoms with Gasteiger partial charge >= 0.3 is 0 Å². The van der Waals surface area contributed by atoms with Gasteiger partial charge in [-0.05, 0) is 25.2 Å².